The molecule has 1 saturated carbocycles. The van der Waals surface area contributed by atoms with Crippen molar-refractivity contribution in [1.82, 2.24) is 9.80 Å². The lowest BCUT2D eigenvalue weighted by atomic mass is 10.0. The summed E-state index contributed by atoms with van der Waals surface area (Å²) in [5, 5.41) is 0. The molecule has 0 bridgehead atoms. The third-order valence-corrected chi connectivity index (χ3v) is 4.94. The van der Waals surface area contributed by atoms with E-state index < -0.39 is 0 Å². The van der Waals surface area contributed by atoms with Crippen molar-refractivity contribution in [3.63, 3.8) is 0 Å². The Morgan fingerprint density at radius 2 is 1.95 bits per heavy atom. The van der Waals surface area contributed by atoms with Gasteiger partial charge < -0.3 is 4.90 Å². The molecule has 0 aromatic heterocycles. The summed E-state index contributed by atoms with van der Waals surface area (Å²) in [6.07, 6.45) is 3.33. The van der Waals surface area contributed by atoms with Gasteiger partial charge in [0.2, 0.25) is 5.91 Å². The van der Waals surface area contributed by atoms with Gasteiger partial charge >= 0.3 is 0 Å². The monoisotopic (exact) mass is 286 g/mol. The van der Waals surface area contributed by atoms with Crippen LogP contribution in [0.25, 0.3) is 0 Å². The molecule has 1 aromatic carbocycles. The summed E-state index contributed by atoms with van der Waals surface area (Å²) < 4.78 is 0. The van der Waals surface area contributed by atoms with E-state index in [0.717, 1.165) is 52.0 Å². The molecular weight excluding hydrogens is 260 g/mol. The number of carbonyl (C=O) groups excluding carboxylic acids is 1. The first-order valence-corrected chi connectivity index (χ1v) is 8.21. The van der Waals surface area contributed by atoms with Crippen LogP contribution in [0, 0.1) is 19.8 Å². The molecular formula is C18H26N2O. The number of rotatable bonds is 3. The summed E-state index contributed by atoms with van der Waals surface area (Å²) >= 11 is 0. The van der Waals surface area contributed by atoms with Gasteiger partial charge in [0.25, 0.3) is 0 Å². The maximum atomic E-state index is 12.2. The van der Waals surface area contributed by atoms with Gasteiger partial charge in [0.1, 0.15) is 0 Å². The Labute approximate surface area is 127 Å². The van der Waals surface area contributed by atoms with Crippen molar-refractivity contribution in [2.24, 2.45) is 5.92 Å². The van der Waals surface area contributed by atoms with Gasteiger partial charge in [-0.15, -0.1) is 0 Å². The Morgan fingerprint density at radius 3 is 2.71 bits per heavy atom. The van der Waals surface area contributed by atoms with Crippen LogP contribution in [0.4, 0.5) is 0 Å². The lowest BCUT2D eigenvalue weighted by molar-refractivity contribution is -0.132. The van der Waals surface area contributed by atoms with Gasteiger partial charge in [-0.25, -0.2) is 0 Å². The molecule has 3 rings (SSSR count). The Kier molecular flexibility index (Phi) is 4.29. The average Bonchev–Trinajstić information content (AvgIpc) is 3.30. The van der Waals surface area contributed by atoms with Crippen molar-refractivity contribution in [3.8, 4) is 0 Å². The molecule has 1 aliphatic heterocycles. The first-order valence-electron chi connectivity index (χ1n) is 8.21. The van der Waals surface area contributed by atoms with Crippen molar-refractivity contribution in [2.75, 3.05) is 26.2 Å². The van der Waals surface area contributed by atoms with E-state index >= 15 is 0 Å². The molecule has 0 radical (unpaired) electrons. The summed E-state index contributed by atoms with van der Waals surface area (Å²) in [5.41, 5.74) is 4.21. The molecule has 1 saturated heterocycles. The van der Waals surface area contributed by atoms with Crippen molar-refractivity contribution in [1.29, 1.82) is 0 Å². The van der Waals surface area contributed by atoms with E-state index in [9.17, 15) is 4.79 Å². The van der Waals surface area contributed by atoms with Crippen molar-refractivity contribution in [2.45, 2.75) is 39.7 Å². The number of hydrogen-bond donors (Lipinski definition) is 0. The fourth-order valence-electron chi connectivity index (χ4n) is 3.16. The van der Waals surface area contributed by atoms with E-state index in [1.54, 1.807) is 0 Å². The zero-order valence-corrected chi connectivity index (χ0v) is 13.3. The average molecular weight is 286 g/mol. The molecule has 1 aliphatic carbocycles. The molecule has 3 nitrogen and oxygen atoms in total. The summed E-state index contributed by atoms with van der Waals surface area (Å²) in [6.45, 7) is 9.36. The fourth-order valence-corrected chi connectivity index (χ4v) is 3.16. The second-order valence-electron chi connectivity index (χ2n) is 6.59. The van der Waals surface area contributed by atoms with E-state index in [-0.39, 0.29) is 0 Å². The summed E-state index contributed by atoms with van der Waals surface area (Å²) in [4.78, 5) is 16.8. The highest BCUT2D eigenvalue weighted by atomic mass is 16.2. The highest BCUT2D eigenvalue weighted by molar-refractivity contribution is 5.81. The second-order valence-corrected chi connectivity index (χ2v) is 6.59. The lowest BCUT2D eigenvalue weighted by Gasteiger charge is -2.23. The molecule has 0 atom stereocenters. The van der Waals surface area contributed by atoms with Gasteiger partial charge in [-0.05, 0) is 49.8 Å². The summed E-state index contributed by atoms with van der Waals surface area (Å²) in [5.74, 6) is 0.763. The Balaban J connectivity index is 1.59. The summed E-state index contributed by atoms with van der Waals surface area (Å²) in [6, 6.07) is 6.57. The largest absolute Gasteiger partial charge is 0.341 e. The normalized spacial score (nSPS) is 20.4. The minimum atomic E-state index is 0.357. The van der Waals surface area contributed by atoms with E-state index in [1.165, 1.54) is 16.7 Å². The Bertz CT molecular complexity index is 522. The van der Waals surface area contributed by atoms with Crippen LogP contribution in [-0.2, 0) is 11.3 Å². The number of hydrogen-bond acceptors (Lipinski definition) is 2. The Morgan fingerprint density at radius 1 is 1.14 bits per heavy atom. The maximum Gasteiger partial charge on any atom is 0.225 e. The predicted octanol–water partition coefficient (Wildman–Crippen LogP) is 2.75. The van der Waals surface area contributed by atoms with Crippen molar-refractivity contribution in [3.05, 3.63) is 34.9 Å². The zero-order valence-electron chi connectivity index (χ0n) is 13.3. The van der Waals surface area contributed by atoms with Crippen molar-refractivity contribution < 1.29 is 4.79 Å². The van der Waals surface area contributed by atoms with Gasteiger partial charge in [-0.1, -0.05) is 18.2 Å². The summed E-state index contributed by atoms with van der Waals surface area (Å²) in [7, 11) is 0. The minimum Gasteiger partial charge on any atom is -0.341 e. The van der Waals surface area contributed by atoms with Crippen LogP contribution in [0.5, 0.6) is 0 Å². The van der Waals surface area contributed by atoms with Crippen LogP contribution in [-0.4, -0.2) is 41.9 Å². The molecule has 1 aromatic rings. The number of benzene rings is 1. The molecule has 0 spiro atoms. The first-order chi connectivity index (χ1) is 10.1. The predicted molar refractivity (Wildman–Crippen MR) is 85.1 cm³/mol. The molecule has 2 aliphatic rings. The molecule has 0 unspecified atom stereocenters. The molecule has 21 heavy (non-hydrogen) atoms. The van der Waals surface area contributed by atoms with E-state index in [0.29, 0.717) is 11.8 Å². The molecule has 3 heteroatoms. The number of amides is 1. The molecule has 0 N–H and O–H groups in total. The maximum absolute atomic E-state index is 12.2. The fraction of sp³-hybridized carbons (Fsp3) is 0.611. The van der Waals surface area contributed by atoms with Gasteiger partial charge in [-0.3, -0.25) is 9.69 Å². The molecule has 2 fully saturated rings. The standard InChI is InChI=1S/C18H26N2O/c1-14-5-3-6-17(15(14)2)13-19-9-4-10-20(12-11-19)18(21)16-7-8-16/h3,5-6,16H,4,7-13H2,1-2H3. The smallest absolute Gasteiger partial charge is 0.225 e. The highest BCUT2D eigenvalue weighted by Gasteiger charge is 2.33. The number of aryl methyl sites for hydroxylation is 1. The number of carbonyl (C=O) groups is 1. The van der Waals surface area contributed by atoms with Crippen LogP contribution >= 0.6 is 0 Å². The molecule has 114 valence electrons. The van der Waals surface area contributed by atoms with E-state index in [1.807, 2.05) is 0 Å². The van der Waals surface area contributed by atoms with Gasteiger partial charge in [0, 0.05) is 38.6 Å². The van der Waals surface area contributed by atoms with Crippen molar-refractivity contribution >= 4 is 5.91 Å². The first kappa shape index (κ1) is 14.6. The van der Waals surface area contributed by atoms with E-state index in [4.69, 9.17) is 0 Å². The van der Waals surface area contributed by atoms with Crippen LogP contribution in [0.2, 0.25) is 0 Å². The minimum absolute atomic E-state index is 0.357. The van der Waals surface area contributed by atoms with E-state index in [2.05, 4.69) is 41.8 Å². The quantitative estimate of drug-likeness (QED) is 0.853. The third-order valence-electron chi connectivity index (χ3n) is 4.94. The second kappa shape index (κ2) is 6.18. The molecule has 1 amide bonds. The van der Waals surface area contributed by atoms with Crippen LogP contribution in [0.15, 0.2) is 18.2 Å². The Hall–Kier alpha value is -1.35. The van der Waals surface area contributed by atoms with Gasteiger partial charge in [0.05, 0.1) is 0 Å². The zero-order chi connectivity index (χ0) is 14.8. The SMILES string of the molecule is Cc1cccc(CN2CCCN(C(=O)C3CC3)CC2)c1C. The topological polar surface area (TPSA) is 23.6 Å². The van der Waals surface area contributed by atoms with Crippen LogP contribution in [0.1, 0.15) is 36.0 Å². The highest BCUT2D eigenvalue weighted by Crippen LogP contribution is 2.31. The third kappa shape index (κ3) is 3.46. The van der Waals surface area contributed by atoms with Crippen LogP contribution in [0.3, 0.4) is 0 Å². The molecule has 1 heterocycles. The van der Waals surface area contributed by atoms with Crippen LogP contribution < -0.4 is 0 Å². The lowest BCUT2D eigenvalue weighted by Crippen LogP contribution is -2.36. The number of nitrogens with zero attached hydrogens (tertiary/aromatic N) is 2. The van der Waals surface area contributed by atoms with Gasteiger partial charge in [0.15, 0.2) is 0 Å². The van der Waals surface area contributed by atoms with Gasteiger partial charge in [-0.2, -0.15) is 0 Å².